The Balaban J connectivity index is 1.56. The van der Waals surface area contributed by atoms with E-state index in [1.165, 1.54) is 0 Å². The number of nitrogens with zero attached hydrogens (tertiary/aromatic N) is 3. The Labute approximate surface area is 158 Å². The first-order valence-corrected chi connectivity index (χ1v) is 9.27. The van der Waals surface area contributed by atoms with Crippen molar-refractivity contribution in [1.29, 1.82) is 0 Å². The van der Waals surface area contributed by atoms with Crippen LogP contribution in [0.2, 0.25) is 5.15 Å². The van der Waals surface area contributed by atoms with Crippen LogP contribution < -0.4 is 5.32 Å². The molecule has 0 spiro atoms. The summed E-state index contributed by atoms with van der Waals surface area (Å²) < 4.78 is 1.64. The lowest BCUT2D eigenvalue weighted by molar-refractivity contribution is -0.127. The normalized spacial score (nSPS) is 14.1. The third kappa shape index (κ3) is 4.25. The topological polar surface area (TPSA) is 67.2 Å². The molecule has 138 valence electrons. The first-order chi connectivity index (χ1) is 12.6. The number of carbonyl (C=O) groups excluding carboxylic acids is 2. The van der Waals surface area contributed by atoms with Gasteiger partial charge in [0.15, 0.2) is 0 Å². The number of halogens is 1. The van der Waals surface area contributed by atoms with Crippen LogP contribution in [0, 0.1) is 6.92 Å². The van der Waals surface area contributed by atoms with Gasteiger partial charge in [0.1, 0.15) is 5.15 Å². The van der Waals surface area contributed by atoms with E-state index >= 15 is 0 Å². The maximum atomic E-state index is 12.5. The van der Waals surface area contributed by atoms with Gasteiger partial charge < -0.3 is 10.2 Å². The number of carbonyl (C=O) groups is 2. The Morgan fingerprint density at radius 1 is 1.31 bits per heavy atom. The minimum atomic E-state index is -0.223. The van der Waals surface area contributed by atoms with Gasteiger partial charge in [-0.2, -0.15) is 5.10 Å². The van der Waals surface area contributed by atoms with Crippen LogP contribution in [0.4, 0.5) is 0 Å². The van der Waals surface area contributed by atoms with Gasteiger partial charge in [-0.25, -0.2) is 4.68 Å². The van der Waals surface area contributed by atoms with E-state index in [0.29, 0.717) is 42.5 Å². The van der Waals surface area contributed by atoms with Crippen molar-refractivity contribution in [2.45, 2.75) is 32.7 Å². The van der Waals surface area contributed by atoms with Gasteiger partial charge in [-0.15, -0.1) is 0 Å². The van der Waals surface area contributed by atoms with Gasteiger partial charge in [0.2, 0.25) is 5.91 Å². The first kappa shape index (κ1) is 18.5. The smallest absolute Gasteiger partial charge is 0.256 e. The SMILES string of the molecule is Cc1nn(Cc2ccccc2)c(Cl)c1C(=O)NCCCN1CCCC1=O. The molecule has 1 aliphatic rings. The Kier molecular flexibility index (Phi) is 5.93. The van der Waals surface area contributed by atoms with Crippen LogP contribution in [0.15, 0.2) is 30.3 Å². The van der Waals surface area contributed by atoms with Gasteiger partial charge in [-0.3, -0.25) is 9.59 Å². The summed E-state index contributed by atoms with van der Waals surface area (Å²) in [6.45, 7) is 4.31. The van der Waals surface area contributed by atoms with Crippen LogP contribution in [0.3, 0.4) is 0 Å². The molecule has 2 amide bonds. The van der Waals surface area contributed by atoms with Gasteiger partial charge in [-0.05, 0) is 25.3 Å². The fraction of sp³-hybridized carbons (Fsp3) is 0.421. The number of aromatic nitrogens is 2. The van der Waals surface area contributed by atoms with Crippen molar-refractivity contribution in [3.63, 3.8) is 0 Å². The zero-order valence-corrected chi connectivity index (χ0v) is 15.6. The second kappa shape index (κ2) is 8.36. The summed E-state index contributed by atoms with van der Waals surface area (Å²) in [4.78, 5) is 25.9. The fourth-order valence-corrected chi connectivity index (χ4v) is 3.49. The van der Waals surface area contributed by atoms with E-state index in [1.54, 1.807) is 11.6 Å². The Hall–Kier alpha value is -2.34. The van der Waals surface area contributed by atoms with Crippen LogP contribution in [0.1, 0.15) is 40.9 Å². The summed E-state index contributed by atoms with van der Waals surface area (Å²) in [6.07, 6.45) is 2.30. The Morgan fingerprint density at radius 2 is 2.08 bits per heavy atom. The molecule has 0 radical (unpaired) electrons. The van der Waals surface area contributed by atoms with Gasteiger partial charge >= 0.3 is 0 Å². The molecule has 1 aromatic carbocycles. The second-order valence-electron chi connectivity index (χ2n) is 6.49. The highest BCUT2D eigenvalue weighted by Gasteiger charge is 2.21. The van der Waals surface area contributed by atoms with Crippen LogP contribution in [0.25, 0.3) is 0 Å². The van der Waals surface area contributed by atoms with Crippen molar-refractivity contribution < 1.29 is 9.59 Å². The summed E-state index contributed by atoms with van der Waals surface area (Å²) in [6, 6.07) is 9.85. The molecule has 0 saturated carbocycles. The minimum absolute atomic E-state index is 0.206. The van der Waals surface area contributed by atoms with Crippen molar-refractivity contribution in [2.75, 3.05) is 19.6 Å². The number of nitrogens with one attached hydrogen (secondary N) is 1. The maximum absolute atomic E-state index is 12.5. The van der Waals surface area contributed by atoms with Crippen molar-refractivity contribution in [3.8, 4) is 0 Å². The molecule has 0 bridgehead atoms. The van der Waals surface area contributed by atoms with Gasteiger partial charge in [0, 0.05) is 26.1 Å². The van der Waals surface area contributed by atoms with Crippen molar-refractivity contribution >= 4 is 23.4 Å². The summed E-state index contributed by atoms with van der Waals surface area (Å²) in [5.41, 5.74) is 2.09. The highest BCUT2D eigenvalue weighted by atomic mass is 35.5. The van der Waals surface area contributed by atoms with E-state index < -0.39 is 0 Å². The molecule has 7 heteroatoms. The number of aryl methyl sites for hydroxylation is 1. The lowest BCUT2D eigenvalue weighted by Gasteiger charge is -2.15. The van der Waals surface area contributed by atoms with E-state index in [1.807, 2.05) is 35.2 Å². The quantitative estimate of drug-likeness (QED) is 0.757. The Morgan fingerprint density at radius 3 is 2.77 bits per heavy atom. The third-order valence-electron chi connectivity index (χ3n) is 4.53. The zero-order chi connectivity index (χ0) is 18.5. The summed E-state index contributed by atoms with van der Waals surface area (Å²) in [5.74, 6) is -0.0167. The molecule has 0 atom stereocenters. The van der Waals surface area contributed by atoms with E-state index in [2.05, 4.69) is 10.4 Å². The van der Waals surface area contributed by atoms with Gasteiger partial charge in [0.05, 0.1) is 17.8 Å². The average Bonchev–Trinajstić information content (AvgIpc) is 3.15. The van der Waals surface area contributed by atoms with Crippen LogP contribution in [-0.4, -0.2) is 46.1 Å². The largest absolute Gasteiger partial charge is 0.352 e. The highest BCUT2D eigenvalue weighted by molar-refractivity contribution is 6.33. The van der Waals surface area contributed by atoms with E-state index in [4.69, 9.17) is 11.6 Å². The third-order valence-corrected chi connectivity index (χ3v) is 4.91. The van der Waals surface area contributed by atoms with E-state index in [9.17, 15) is 9.59 Å². The summed E-state index contributed by atoms with van der Waals surface area (Å²) >= 11 is 6.40. The molecule has 1 fully saturated rings. The molecular weight excluding hydrogens is 352 g/mol. The molecule has 6 nitrogen and oxygen atoms in total. The lowest BCUT2D eigenvalue weighted by atomic mass is 10.2. The van der Waals surface area contributed by atoms with E-state index in [-0.39, 0.29) is 11.8 Å². The number of hydrogen-bond acceptors (Lipinski definition) is 3. The monoisotopic (exact) mass is 374 g/mol. The van der Waals surface area contributed by atoms with Crippen molar-refractivity contribution in [2.24, 2.45) is 0 Å². The van der Waals surface area contributed by atoms with Gasteiger partial charge in [-0.1, -0.05) is 41.9 Å². The predicted molar refractivity (Wildman–Crippen MR) is 100 cm³/mol. The van der Waals surface area contributed by atoms with Crippen LogP contribution in [0.5, 0.6) is 0 Å². The molecule has 1 saturated heterocycles. The second-order valence-corrected chi connectivity index (χ2v) is 6.85. The molecule has 1 aliphatic heterocycles. The number of hydrogen-bond donors (Lipinski definition) is 1. The van der Waals surface area contributed by atoms with Crippen LogP contribution >= 0.6 is 11.6 Å². The zero-order valence-electron chi connectivity index (χ0n) is 14.9. The fourth-order valence-electron chi connectivity index (χ4n) is 3.17. The minimum Gasteiger partial charge on any atom is -0.352 e. The first-order valence-electron chi connectivity index (χ1n) is 8.89. The molecular formula is C19H23ClN4O2. The Bertz CT molecular complexity index is 788. The molecule has 3 rings (SSSR count). The number of benzene rings is 1. The van der Waals surface area contributed by atoms with Gasteiger partial charge in [0.25, 0.3) is 5.91 Å². The number of amides is 2. The molecule has 1 aromatic heterocycles. The molecule has 26 heavy (non-hydrogen) atoms. The molecule has 2 aromatic rings. The molecule has 0 unspecified atom stereocenters. The molecule has 0 aliphatic carbocycles. The van der Waals surface area contributed by atoms with Crippen LogP contribution in [-0.2, 0) is 11.3 Å². The standard InChI is InChI=1S/C19H23ClN4O2/c1-14-17(18(20)24(22-14)13-15-7-3-2-4-8-15)19(26)21-10-6-12-23-11-5-9-16(23)25/h2-4,7-8H,5-6,9-13H2,1H3,(H,21,26). The summed E-state index contributed by atoms with van der Waals surface area (Å²) in [7, 11) is 0. The van der Waals surface area contributed by atoms with Crippen molar-refractivity contribution in [3.05, 3.63) is 52.3 Å². The number of likely N-dealkylation sites (tertiary alicyclic amines) is 1. The molecule has 2 heterocycles. The number of rotatable bonds is 7. The average molecular weight is 375 g/mol. The summed E-state index contributed by atoms with van der Waals surface area (Å²) in [5, 5.41) is 7.63. The maximum Gasteiger partial charge on any atom is 0.256 e. The highest BCUT2D eigenvalue weighted by Crippen LogP contribution is 2.21. The molecule has 1 N–H and O–H groups in total. The van der Waals surface area contributed by atoms with E-state index in [0.717, 1.165) is 24.9 Å². The predicted octanol–water partition coefficient (Wildman–Crippen LogP) is 2.64. The lowest BCUT2D eigenvalue weighted by Crippen LogP contribution is -2.30. The van der Waals surface area contributed by atoms with Crippen molar-refractivity contribution in [1.82, 2.24) is 20.0 Å².